The molecular formula is C27H29FN4O5. The van der Waals surface area contributed by atoms with Crippen LogP contribution < -0.4 is 4.90 Å². The quantitative estimate of drug-likeness (QED) is 0.587. The third-order valence-electron chi connectivity index (χ3n) is 8.14. The summed E-state index contributed by atoms with van der Waals surface area (Å²) < 4.78 is 26.3. The fourth-order valence-corrected chi connectivity index (χ4v) is 5.98. The number of piperazine rings is 1. The predicted molar refractivity (Wildman–Crippen MR) is 131 cm³/mol. The van der Waals surface area contributed by atoms with Crippen LogP contribution in [0.25, 0.3) is 0 Å². The zero-order valence-corrected chi connectivity index (χ0v) is 20.7. The van der Waals surface area contributed by atoms with E-state index in [1.807, 2.05) is 11.0 Å². The summed E-state index contributed by atoms with van der Waals surface area (Å²) >= 11 is 0. The first kappa shape index (κ1) is 23.7. The SMILES string of the molecule is CCOC(=O)N1CCN(c2ccc(C3(C(=O)N4CC[C@@]5(C4)OC(=O)c4cnccc45)CC3)c(F)c2)CC1. The number of hydrogen-bond donors (Lipinski definition) is 0. The zero-order valence-electron chi connectivity index (χ0n) is 20.7. The number of benzene rings is 1. The normalized spacial score (nSPS) is 23.7. The summed E-state index contributed by atoms with van der Waals surface area (Å²) in [6.07, 6.45) is 4.50. The molecule has 3 aliphatic heterocycles. The molecule has 2 saturated heterocycles. The van der Waals surface area contributed by atoms with Crippen LogP contribution in [0.3, 0.4) is 0 Å². The van der Waals surface area contributed by atoms with Crippen molar-refractivity contribution in [2.45, 2.75) is 37.2 Å². The predicted octanol–water partition coefficient (Wildman–Crippen LogP) is 2.83. The molecule has 1 aliphatic carbocycles. The largest absolute Gasteiger partial charge is 0.450 e. The zero-order chi connectivity index (χ0) is 25.8. The molecular weight excluding hydrogens is 479 g/mol. The molecule has 194 valence electrons. The maximum atomic E-state index is 15.5. The van der Waals surface area contributed by atoms with Crippen LogP contribution in [-0.2, 0) is 25.3 Å². The van der Waals surface area contributed by atoms with E-state index in [2.05, 4.69) is 4.98 Å². The van der Waals surface area contributed by atoms with Gasteiger partial charge < -0.3 is 24.2 Å². The second-order valence-corrected chi connectivity index (χ2v) is 10.2. The first-order valence-corrected chi connectivity index (χ1v) is 12.8. The van der Waals surface area contributed by atoms with Gasteiger partial charge in [-0.1, -0.05) is 6.07 Å². The Morgan fingerprint density at radius 2 is 1.84 bits per heavy atom. The summed E-state index contributed by atoms with van der Waals surface area (Å²) in [7, 11) is 0. The van der Waals surface area contributed by atoms with Crippen LogP contribution in [0.2, 0.25) is 0 Å². The number of carbonyl (C=O) groups excluding carboxylic acids is 3. The molecule has 0 unspecified atom stereocenters. The summed E-state index contributed by atoms with van der Waals surface area (Å²) in [5.74, 6) is -0.922. The first-order chi connectivity index (χ1) is 17.9. The van der Waals surface area contributed by atoms with E-state index in [1.54, 1.807) is 35.1 Å². The highest BCUT2D eigenvalue weighted by Gasteiger charge is 2.58. The van der Waals surface area contributed by atoms with Gasteiger partial charge in [0.2, 0.25) is 5.91 Å². The number of nitrogens with zero attached hydrogens (tertiary/aromatic N) is 4. The van der Waals surface area contributed by atoms with E-state index in [9.17, 15) is 14.4 Å². The lowest BCUT2D eigenvalue weighted by atomic mass is 9.92. The van der Waals surface area contributed by atoms with Gasteiger partial charge in [0, 0.05) is 68.4 Å². The van der Waals surface area contributed by atoms with Gasteiger partial charge in [-0.3, -0.25) is 9.78 Å². The van der Waals surface area contributed by atoms with E-state index < -0.39 is 22.8 Å². The number of rotatable bonds is 4. The first-order valence-electron chi connectivity index (χ1n) is 12.8. The molecule has 9 nitrogen and oxygen atoms in total. The number of fused-ring (bicyclic) bond motifs is 2. The Balaban J connectivity index is 1.16. The van der Waals surface area contributed by atoms with Crippen molar-refractivity contribution in [3.05, 3.63) is 59.2 Å². The minimum Gasteiger partial charge on any atom is -0.450 e. The van der Waals surface area contributed by atoms with Gasteiger partial charge >= 0.3 is 12.1 Å². The molecule has 0 N–H and O–H groups in total. The number of pyridine rings is 1. The maximum absolute atomic E-state index is 15.5. The van der Waals surface area contributed by atoms with Gasteiger partial charge in [0.15, 0.2) is 5.60 Å². The highest BCUT2D eigenvalue weighted by atomic mass is 19.1. The van der Waals surface area contributed by atoms with Crippen LogP contribution in [0.15, 0.2) is 36.7 Å². The smallest absolute Gasteiger partial charge is 0.409 e. The Morgan fingerprint density at radius 1 is 1.05 bits per heavy atom. The van der Waals surface area contributed by atoms with Gasteiger partial charge in [-0.05, 0) is 38.0 Å². The highest BCUT2D eigenvalue weighted by molar-refractivity contribution is 5.95. The molecule has 4 heterocycles. The van der Waals surface area contributed by atoms with Crippen LogP contribution >= 0.6 is 0 Å². The van der Waals surface area contributed by atoms with Crippen LogP contribution in [0.5, 0.6) is 0 Å². The van der Waals surface area contributed by atoms with Crippen molar-refractivity contribution in [1.29, 1.82) is 0 Å². The second-order valence-electron chi connectivity index (χ2n) is 10.2. The summed E-state index contributed by atoms with van der Waals surface area (Å²) in [5, 5.41) is 0. The number of likely N-dealkylation sites (tertiary alicyclic amines) is 1. The molecule has 1 aromatic heterocycles. The van der Waals surface area contributed by atoms with E-state index in [-0.39, 0.29) is 18.5 Å². The maximum Gasteiger partial charge on any atom is 0.409 e. The van der Waals surface area contributed by atoms with Crippen molar-refractivity contribution in [2.75, 3.05) is 50.8 Å². The van der Waals surface area contributed by atoms with E-state index in [1.165, 1.54) is 12.3 Å². The van der Waals surface area contributed by atoms with Crippen molar-refractivity contribution in [1.82, 2.24) is 14.8 Å². The summed E-state index contributed by atoms with van der Waals surface area (Å²) in [6.45, 7) is 4.98. The molecule has 4 aliphatic rings. The van der Waals surface area contributed by atoms with Gasteiger partial charge in [-0.2, -0.15) is 0 Å². The Bertz CT molecular complexity index is 1270. The summed E-state index contributed by atoms with van der Waals surface area (Å²) in [4.78, 5) is 47.5. The standard InChI is InChI=1S/C27H29FN4O5/c1-2-36-25(35)31-13-11-30(12-14-31)18-3-4-21(22(28)15-18)26(6-7-26)24(34)32-10-8-27(17-32)20-5-9-29-16-19(20)23(33)37-27/h3-5,9,15-16H,2,6-8,10-14,17H2,1H3/t27-/m0/s1. The fourth-order valence-electron chi connectivity index (χ4n) is 5.98. The van der Waals surface area contributed by atoms with Gasteiger partial charge in [-0.15, -0.1) is 0 Å². The minimum absolute atomic E-state index is 0.113. The molecule has 0 radical (unpaired) electrons. The molecule has 3 fully saturated rings. The molecule has 37 heavy (non-hydrogen) atoms. The number of esters is 1. The van der Waals surface area contributed by atoms with Crippen LogP contribution in [0, 0.1) is 5.82 Å². The minimum atomic E-state index is -0.875. The van der Waals surface area contributed by atoms with E-state index in [0.29, 0.717) is 69.7 Å². The molecule has 2 amide bonds. The van der Waals surface area contributed by atoms with Crippen molar-refractivity contribution in [3.8, 4) is 0 Å². The number of amides is 2. The lowest BCUT2D eigenvalue weighted by Crippen LogP contribution is -2.49. The van der Waals surface area contributed by atoms with Crippen molar-refractivity contribution < 1.29 is 28.2 Å². The molecule has 1 atom stereocenters. The van der Waals surface area contributed by atoms with Crippen molar-refractivity contribution in [2.24, 2.45) is 0 Å². The number of hydrogen-bond acceptors (Lipinski definition) is 7. The Labute approximate surface area is 214 Å². The molecule has 6 rings (SSSR count). The number of aromatic nitrogens is 1. The highest BCUT2D eigenvalue weighted by Crippen LogP contribution is 2.53. The van der Waals surface area contributed by atoms with E-state index in [0.717, 1.165) is 11.3 Å². The Morgan fingerprint density at radius 3 is 2.54 bits per heavy atom. The van der Waals surface area contributed by atoms with Crippen LogP contribution in [0.1, 0.15) is 47.7 Å². The molecule has 1 saturated carbocycles. The van der Waals surface area contributed by atoms with E-state index >= 15 is 4.39 Å². The topological polar surface area (TPSA) is 92.3 Å². The molecule has 2 aromatic rings. The third-order valence-corrected chi connectivity index (χ3v) is 8.14. The van der Waals surface area contributed by atoms with Crippen molar-refractivity contribution in [3.63, 3.8) is 0 Å². The number of carbonyl (C=O) groups is 3. The molecule has 1 spiro atoms. The monoisotopic (exact) mass is 508 g/mol. The third kappa shape index (κ3) is 3.81. The lowest BCUT2D eigenvalue weighted by molar-refractivity contribution is -0.134. The van der Waals surface area contributed by atoms with Crippen LogP contribution in [-0.4, -0.2) is 78.6 Å². The van der Waals surface area contributed by atoms with Crippen molar-refractivity contribution >= 4 is 23.7 Å². The Hall–Kier alpha value is -3.69. The number of halogens is 1. The molecule has 0 bridgehead atoms. The van der Waals surface area contributed by atoms with E-state index in [4.69, 9.17) is 9.47 Å². The second kappa shape index (κ2) is 8.71. The number of anilines is 1. The van der Waals surface area contributed by atoms with Gasteiger partial charge in [-0.25, -0.2) is 14.0 Å². The average molecular weight is 509 g/mol. The average Bonchev–Trinajstić information content (AvgIpc) is 3.53. The summed E-state index contributed by atoms with van der Waals surface area (Å²) in [5.41, 5.74) is 0.640. The van der Waals surface area contributed by atoms with Gasteiger partial charge in [0.05, 0.1) is 24.1 Å². The molecule has 1 aromatic carbocycles. The van der Waals surface area contributed by atoms with Gasteiger partial charge in [0.25, 0.3) is 0 Å². The summed E-state index contributed by atoms with van der Waals surface area (Å²) in [6, 6.07) is 6.87. The number of ether oxygens (including phenoxy) is 2. The van der Waals surface area contributed by atoms with Crippen LogP contribution in [0.4, 0.5) is 14.9 Å². The fraction of sp³-hybridized carbons (Fsp3) is 0.481. The lowest BCUT2D eigenvalue weighted by Gasteiger charge is -2.35. The Kier molecular flexibility index (Phi) is 5.58. The van der Waals surface area contributed by atoms with Gasteiger partial charge in [0.1, 0.15) is 5.82 Å². The molecule has 10 heteroatoms.